The van der Waals surface area contributed by atoms with E-state index in [1.807, 2.05) is 18.4 Å². The van der Waals surface area contributed by atoms with Gasteiger partial charge in [-0.1, -0.05) is 24.3 Å². The first-order chi connectivity index (χ1) is 11.5. The van der Waals surface area contributed by atoms with Gasteiger partial charge >= 0.3 is 0 Å². The van der Waals surface area contributed by atoms with Gasteiger partial charge in [0, 0.05) is 19.8 Å². The minimum absolute atomic E-state index is 0.0338. The lowest BCUT2D eigenvalue weighted by atomic mass is 10.1. The van der Waals surface area contributed by atoms with Crippen LogP contribution in [0.15, 0.2) is 47.7 Å². The second-order valence-electron chi connectivity index (χ2n) is 6.44. The monoisotopic (exact) mass is 335 g/mol. The average molecular weight is 335 g/mol. The summed E-state index contributed by atoms with van der Waals surface area (Å²) in [7, 11) is 1.68. The summed E-state index contributed by atoms with van der Waals surface area (Å²) in [6.45, 7) is 12.3. The molecule has 0 aliphatic carbocycles. The Balaban J connectivity index is 2.41. The summed E-state index contributed by atoms with van der Waals surface area (Å²) in [5.41, 5.74) is 3.28. The summed E-state index contributed by atoms with van der Waals surface area (Å²) >= 11 is 0. The maximum atomic E-state index is 5.77. The van der Waals surface area contributed by atoms with Crippen molar-refractivity contribution in [3.63, 3.8) is 0 Å². The van der Waals surface area contributed by atoms with Crippen molar-refractivity contribution in [2.45, 2.75) is 52.4 Å². The zero-order valence-electron chi connectivity index (χ0n) is 15.6. The Morgan fingerprint density at radius 2 is 2.17 bits per heavy atom. The van der Waals surface area contributed by atoms with Crippen LogP contribution in [0.25, 0.3) is 0 Å². The van der Waals surface area contributed by atoms with E-state index >= 15 is 0 Å². The van der Waals surface area contributed by atoms with E-state index < -0.39 is 0 Å². The predicted octanol–water partition coefficient (Wildman–Crippen LogP) is 4.12. The number of rotatable bonds is 10. The number of nitrogens with one attached hydrogen (secondary N) is 1. The van der Waals surface area contributed by atoms with Gasteiger partial charge in [-0.3, -0.25) is 0 Å². The molecular weight excluding hydrogens is 302 g/mol. The lowest BCUT2D eigenvalue weighted by Crippen LogP contribution is -2.31. The lowest BCUT2D eigenvalue weighted by molar-refractivity contribution is -0.164. The van der Waals surface area contributed by atoms with Gasteiger partial charge in [0.1, 0.15) is 0 Å². The van der Waals surface area contributed by atoms with E-state index in [-0.39, 0.29) is 12.3 Å². The molecule has 0 radical (unpaired) electrons. The minimum atomic E-state index is -0.0338. The first kappa shape index (κ1) is 20.7. The third-order valence-corrected chi connectivity index (χ3v) is 3.59. The topological polar surface area (TPSA) is 39.7 Å². The molecule has 0 spiro atoms. The summed E-state index contributed by atoms with van der Waals surface area (Å²) < 4.78 is 16.5. The van der Waals surface area contributed by atoms with Crippen LogP contribution in [0.3, 0.4) is 0 Å². The van der Waals surface area contributed by atoms with E-state index in [4.69, 9.17) is 14.2 Å². The van der Waals surface area contributed by atoms with Crippen LogP contribution < -0.4 is 5.32 Å². The molecule has 0 aromatic rings. The van der Waals surface area contributed by atoms with E-state index in [2.05, 4.69) is 38.7 Å². The molecule has 0 amide bonds. The van der Waals surface area contributed by atoms with Gasteiger partial charge in [0.2, 0.25) is 0 Å². The third kappa shape index (κ3) is 9.06. The normalized spacial score (nSPS) is 20.0. The highest BCUT2D eigenvalue weighted by Gasteiger charge is 2.14. The molecule has 2 unspecified atom stereocenters. The fourth-order valence-corrected chi connectivity index (χ4v) is 2.35. The van der Waals surface area contributed by atoms with Gasteiger partial charge in [-0.2, -0.15) is 0 Å². The van der Waals surface area contributed by atoms with Gasteiger partial charge in [-0.15, -0.1) is 0 Å². The Morgan fingerprint density at radius 3 is 2.79 bits per heavy atom. The molecule has 0 bridgehead atoms. The van der Waals surface area contributed by atoms with Crippen molar-refractivity contribution in [2.24, 2.45) is 0 Å². The quantitative estimate of drug-likeness (QED) is 0.610. The van der Waals surface area contributed by atoms with E-state index in [9.17, 15) is 0 Å². The Bertz CT molecular complexity index is 456. The molecule has 1 aliphatic heterocycles. The Kier molecular flexibility index (Phi) is 10.4. The van der Waals surface area contributed by atoms with Gasteiger partial charge < -0.3 is 19.5 Å². The van der Waals surface area contributed by atoms with Gasteiger partial charge in [-0.25, -0.2) is 0 Å². The molecule has 24 heavy (non-hydrogen) atoms. The summed E-state index contributed by atoms with van der Waals surface area (Å²) in [6, 6.07) is 0.231. The van der Waals surface area contributed by atoms with Crippen LogP contribution in [0.1, 0.15) is 40.0 Å². The second-order valence-corrected chi connectivity index (χ2v) is 6.44. The van der Waals surface area contributed by atoms with Crippen LogP contribution in [-0.4, -0.2) is 39.3 Å². The molecule has 4 heteroatoms. The molecule has 1 rings (SSSR count). The van der Waals surface area contributed by atoms with E-state index in [0.717, 1.165) is 30.6 Å². The molecule has 136 valence electrons. The fraction of sp³-hybridized carbons (Fsp3) is 0.600. The summed E-state index contributed by atoms with van der Waals surface area (Å²) in [4.78, 5) is 0. The third-order valence-electron chi connectivity index (χ3n) is 3.59. The maximum absolute atomic E-state index is 5.77. The molecule has 1 aliphatic rings. The smallest absolute Gasteiger partial charge is 0.157 e. The molecule has 1 saturated heterocycles. The summed E-state index contributed by atoms with van der Waals surface area (Å²) in [5, 5.41) is 3.31. The van der Waals surface area contributed by atoms with Gasteiger partial charge in [-0.05, 0) is 63.5 Å². The number of methoxy groups -OCH3 is 1. The highest BCUT2D eigenvalue weighted by Crippen LogP contribution is 2.14. The highest BCUT2D eigenvalue weighted by molar-refractivity contribution is 5.41. The molecule has 1 fully saturated rings. The summed E-state index contributed by atoms with van der Waals surface area (Å²) in [5.74, 6) is 0. The van der Waals surface area contributed by atoms with Crippen molar-refractivity contribution >= 4 is 0 Å². The first-order valence-corrected chi connectivity index (χ1v) is 8.71. The standard InChI is InChI=1S/C20H33NO3/c1-16(2)13-19(17(3)14-22-5)9-8-11-21-18(4)15-24-20-10-6-7-12-23-20/h8-9,11,13,18,20-21H,3,6-7,10,12,14-15H2,1-2,4-5H3/b11-8+,19-9+. The Labute approximate surface area is 147 Å². The van der Waals surface area contributed by atoms with Crippen LogP contribution in [0, 0.1) is 0 Å². The van der Waals surface area contributed by atoms with Gasteiger partial charge in [0.15, 0.2) is 6.29 Å². The SMILES string of the molecule is C=C(COC)/C(C=C(C)C)=C/C=C/NC(C)COC1CCCCO1. The van der Waals surface area contributed by atoms with E-state index in [1.165, 1.54) is 12.0 Å². The van der Waals surface area contributed by atoms with E-state index in [1.54, 1.807) is 7.11 Å². The second kappa shape index (κ2) is 12.1. The predicted molar refractivity (Wildman–Crippen MR) is 99.8 cm³/mol. The highest BCUT2D eigenvalue weighted by atomic mass is 16.7. The van der Waals surface area contributed by atoms with Crippen molar-refractivity contribution < 1.29 is 14.2 Å². The van der Waals surface area contributed by atoms with Crippen molar-refractivity contribution in [2.75, 3.05) is 26.9 Å². The van der Waals surface area contributed by atoms with Gasteiger partial charge in [0.25, 0.3) is 0 Å². The largest absolute Gasteiger partial charge is 0.386 e. The van der Waals surface area contributed by atoms with Crippen LogP contribution in [0.2, 0.25) is 0 Å². The van der Waals surface area contributed by atoms with Crippen molar-refractivity contribution in [3.8, 4) is 0 Å². The van der Waals surface area contributed by atoms with Crippen LogP contribution in [0.4, 0.5) is 0 Å². The first-order valence-electron chi connectivity index (χ1n) is 8.71. The number of hydrogen-bond acceptors (Lipinski definition) is 4. The molecule has 0 aromatic heterocycles. The molecule has 0 aromatic carbocycles. The molecule has 2 atom stereocenters. The average Bonchev–Trinajstić information content (AvgIpc) is 2.56. The van der Waals surface area contributed by atoms with E-state index in [0.29, 0.717) is 13.2 Å². The molecule has 4 nitrogen and oxygen atoms in total. The Morgan fingerprint density at radius 1 is 1.38 bits per heavy atom. The molecule has 1 heterocycles. The summed E-state index contributed by atoms with van der Waals surface area (Å²) in [6.07, 6.45) is 11.4. The zero-order chi connectivity index (χ0) is 17.8. The van der Waals surface area contributed by atoms with Crippen molar-refractivity contribution in [1.82, 2.24) is 5.32 Å². The number of allylic oxidation sites excluding steroid dienone is 4. The van der Waals surface area contributed by atoms with Crippen LogP contribution in [-0.2, 0) is 14.2 Å². The Hall–Kier alpha value is -1.36. The fourth-order valence-electron chi connectivity index (χ4n) is 2.35. The molecule has 1 N–H and O–H groups in total. The lowest BCUT2D eigenvalue weighted by Gasteiger charge is -2.24. The molecule has 0 saturated carbocycles. The van der Waals surface area contributed by atoms with Gasteiger partial charge in [0.05, 0.1) is 13.2 Å². The number of hydrogen-bond donors (Lipinski definition) is 1. The maximum Gasteiger partial charge on any atom is 0.157 e. The van der Waals surface area contributed by atoms with Crippen LogP contribution in [0.5, 0.6) is 0 Å². The zero-order valence-corrected chi connectivity index (χ0v) is 15.6. The van der Waals surface area contributed by atoms with Crippen molar-refractivity contribution in [1.29, 1.82) is 0 Å². The van der Waals surface area contributed by atoms with Crippen molar-refractivity contribution in [3.05, 3.63) is 47.7 Å². The van der Waals surface area contributed by atoms with Crippen LogP contribution >= 0.6 is 0 Å². The molecular formula is C20H33NO3. The number of ether oxygens (including phenoxy) is 3. The minimum Gasteiger partial charge on any atom is -0.386 e.